The summed E-state index contributed by atoms with van der Waals surface area (Å²) in [4.78, 5) is 8.62. The lowest BCUT2D eigenvalue weighted by Gasteiger charge is -2.16. The Morgan fingerprint density at radius 1 is 1.25 bits per heavy atom. The van der Waals surface area contributed by atoms with Crippen LogP contribution in [0.15, 0.2) is 12.1 Å². The van der Waals surface area contributed by atoms with Crippen LogP contribution in [0.25, 0.3) is 16.7 Å². The molecule has 7 heteroatoms. The quantitative estimate of drug-likeness (QED) is 0.721. The van der Waals surface area contributed by atoms with Gasteiger partial charge < -0.3 is 10.5 Å². The normalized spacial score (nSPS) is 10.8. The zero-order chi connectivity index (χ0) is 17.6. The second-order valence-corrected chi connectivity index (χ2v) is 5.88. The molecule has 3 rings (SSSR count). The number of aryl methyl sites for hydroxylation is 2. The number of fused-ring (bicyclic) bond motifs is 1. The average molecular weight is 342 g/mol. The Bertz CT molecular complexity index is 1020. The molecular formula is C17H16ClN5O. The zero-order valence-corrected chi connectivity index (χ0v) is 14.6. The molecule has 0 bridgehead atoms. The number of nitrogens with two attached hydrogens (primary N) is 1. The maximum absolute atomic E-state index is 9.53. The molecule has 0 amide bonds. The van der Waals surface area contributed by atoms with E-state index >= 15 is 0 Å². The topological polar surface area (TPSA) is 89.8 Å². The van der Waals surface area contributed by atoms with Gasteiger partial charge in [0.2, 0.25) is 0 Å². The number of rotatable bonds is 2. The van der Waals surface area contributed by atoms with Gasteiger partial charge in [0.05, 0.1) is 18.2 Å². The highest BCUT2D eigenvalue weighted by molar-refractivity contribution is 6.34. The highest BCUT2D eigenvalue weighted by atomic mass is 35.5. The van der Waals surface area contributed by atoms with E-state index in [1.165, 1.54) is 0 Å². The van der Waals surface area contributed by atoms with Crippen molar-refractivity contribution in [2.24, 2.45) is 0 Å². The van der Waals surface area contributed by atoms with Gasteiger partial charge in [0, 0.05) is 5.56 Å². The standard InChI is InChI=1S/C17H16ClN5O/c1-8-5-6-12(24-4)9(2)14(8)23-16(20)11(7-19)13-15(18)21-10(3)22-17(13)23/h5-6H,20H2,1-4H3. The van der Waals surface area contributed by atoms with E-state index < -0.39 is 0 Å². The lowest BCUT2D eigenvalue weighted by atomic mass is 10.1. The summed E-state index contributed by atoms with van der Waals surface area (Å²) in [6.07, 6.45) is 0. The third kappa shape index (κ3) is 2.17. The van der Waals surface area contributed by atoms with Crippen molar-refractivity contribution in [2.75, 3.05) is 12.8 Å². The molecule has 1 aromatic carbocycles. The summed E-state index contributed by atoms with van der Waals surface area (Å²) in [6.45, 7) is 5.65. The third-order valence-electron chi connectivity index (χ3n) is 4.05. The van der Waals surface area contributed by atoms with E-state index in [1.54, 1.807) is 18.6 Å². The average Bonchev–Trinajstić information content (AvgIpc) is 2.80. The van der Waals surface area contributed by atoms with E-state index in [9.17, 15) is 5.26 Å². The largest absolute Gasteiger partial charge is 0.496 e. The van der Waals surface area contributed by atoms with E-state index in [4.69, 9.17) is 22.1 Å². The Morgan fingerprint density at radius 3 is 2.58 bits per heavy atom. The van der Waals surface area contributed by atoms with Crippen LogP contribution in [0.1, 0.15) is 22.5 Å². The Morgan fingerprint density at radius 2 is 1.96 bits per heavy atom. The Balaban J connectivity index is 2.54. The van der Waals surface area contributed by atoms with Crippen LogP contribution >= 0.6 is 11.6 Å². The van der Waals surface area contributed by atoms with Crippen LogP contribution in [0.5, 0.6) is 5.75 Å². The molecule has 0 spiro atoms. The van der Waals surface area contributed by atoms with Gasteiger partial charge in [0.25, 0.3) is 0 Å². The number of anilines is 1. The lowest BCUT2D eigenvalue weighted by molar-refractivity contribution is 0.411. The molecule has 0 radical (unpaired) electrons. The van der Waals surface area contributed by atoms with Crippen molar-refractivity contribution in [2.45, 2.75) is 20.8 Å². The smallest absolute Gasteiger partial charge is 0.152 e. The fraction of sp³-hybridized carbons (Fsp3) is 0.235. The van der Waals surface area contributed by atoms with Gasteiger partial charge >= 0.3 is 0 Å². The van der Waals surface area contributed by atoms with E-state index in [-0.39, 0.29) is 16.5 Å². The Labute approximate surface area is 144 Å². The maximum Gasteiger partial charge on any atom is 0.152 e. The van der Waals surface area contributed by atoms with Crippen LogP contribution in [0.3, 0.4) is 0 Å². The molecule has 0 saturated carbocycles. The number of hydrogen-bond donors (Lipinski definition) is 1. The number of nitrogen functional groups attached to an aromatic ring is 1. The van der Waals surface area contributed by atoms with Gasteiger partial charge in [0.15, 0.2) is 5.65 Å². The summed E-state index contributed by atoms with van der Waals surface area (Å²) in [5.41, 5.74) is 9.78. The first kappa shape index (κ1) is 16.1. The fourth-order valence-corrected chi connectivity index (χ4v) is 3.28. The number of nitrogens with zero attached hydrogens (tertiary/aromatic N) is 4. The minimum Gasteiger partial charge on any atom is -0.496 e. The summed E-state index contributed by atoms with van der Waals surface area (Å²) in [5, 5.41) is 10.2. The van der Waals surface area contributed by atoms with Crippen LogP contribution < -0.4 is 10.5 Å². The number of nitriles is 1. The van der Waals surface area contributed by atoms with E-state index in [2.05, 4.69) is 16.0 Å². The number of benzene rings is 1. The number of aromatic nitrogens is 3. The zero-order valence-electron chi connectivity index (χ0n) is 13.8. The Kier molecular flexibility index (Phi) is 3.82. The first-order chi connectivity index (χ1) is 11.4. The van der Waals surface area contributed by atoms with Crippen molar-refractivity contribution in [3.8, 4) is 17.5 Å². The first-order valence-corrected chi connectivity index (χ1v) is 7.67. The summed E-state index contributed by atoms with van der Waals surface area (Å²) < 4.78 is 7.17. The minimum absolute atomic E-state index is 0.220. The highest BCUT2D eigenvalue weighted by Gasteiger charge is 2.23. The van der Waals surface area contributed by atoms with Crippen LogP contribution in [-0.2, 0) is 0 Å². The van der Waals surface area contributed by atoms with E-state index in [0.717, 1.165) is 22.6 Å². The first-order valence-electron chi connectivity index (χ1n) is 7.29. The molecule has 2 aromatic heterocycles. The molecule has 2 heterocycles. The van der Waals surface area contributed by atoms with Gasteiger partial charge in [-0.05, 0) is 32.4 Å². The van der Waals surface area contributed by atoms with Crippen molar-refractivity contribution in [1.82, 2.24) is 14.5 Å². The van der Waals surface area contributed by atoms with Gasteiger partial charge in [-0.3, -0.25) is 4.57 Å². The van der Waals surface area contributed by atoms with Crippen LogP contribution in [0.4, 0.5) is 5.82 Å². The molecule has 0 aliphatic rings. The molecule has 0 saturated heterocycles. The van der Waals surface area contributed by atoms with Crippen molar-refractivity contribution >= 4 is 28.5 Å². The molecule has 0 fully saturated rings. The summed E-state index contributed by atoms with van der Waals surface area (Å²) >= 11 is 6.26. The van der Waals surface area contributed by atoms with Crippen molar-refractivity contribution < 1.29 is 4.74 Å². The summed E-state index contributed by atoms with van der Waals surface area (Å²) in [6, 6.07) is 5.95. The van der Waals surface area contributed by atoms with E-state index in [0.29, 0.717) is 16.9 Å². The molecule has 24 heavy (non-hydrogen) atoms. The molecule has 0 aliphatic heterocycles. The molecule has 0 unspecified atom stereocenters. The maximum atomic E-state index is 9.53. The van der Waals surface area contributed by atoms with Gasteiger partial charge in [-0.25, -0.2) is 9.97 Å². The van der Waals surface area contributed by atoms with Crippen molar-refractivity contribution in [1.29, 1.82) is 5.26 Å². The predicted octanol–water partition coefficient (Wildman–Crippen LogP) is 3.46. The van der Waals surface area contributed by atoms with Gasteiger partial charge in [-0.2, -0.15) is 5.26 Å². The third-order valence-corrected chi connectivity index (χ3v) is 4.33. The van der Waals surface area contributed by atoms with E-state index in [1.807, 2.05) is 26.0 Å². The molecular weight excluding hydrogens is 326 g/mol. The number of hydrogen-bond acceptors (Lipinski definition) is 5. The highest BCUT2D eigenvalue weighted by Crippen LogP contribution is 2.37. The van der Waals surface area contributed by atoms with Crippen LogP contribution in [0.2, 0.25) is 5.15 Å². The molecule has 122 valence electrons. The molecule has 0 aliphatic carbocycles. The molecule has 2 N–H and O–H groups in total. The monoisotopic (exact) mass is 341 g/mol. The second-order valence-electron chi connectivity index (χ2n) is 5.53. The summed E-state index contributed by atoms with van der Waals surface area (Å²) in [5.74, 6) is 1.52. The van der Waals surface area contributed by atoms with Gasteiger partial charge in [0.1, 0.15) is 34.2 Å². The van der Waals surface area contributed by atoms with Gasteiger partial charge in [-0.15, -0.1) is 0 Å². The number of halogens is 1. The predicted molar refractivity (Wildman–Crippen MR) is 93.8 cm³/mol. The van der Waals surface area contributed by atoms with Crippen molar-refractivity contribution in [3.05, 3.63) is 39.8 Å². The van der Waals surface area contributed by atoms with Crippen molar-refractivity contribution in [3.63, 3.8) is 0 Å². The summed E-state index contributed by atoms with van der Waals surface area (Å²) in [7, 11) is 1.61. The molecule has 0 atom stereocenters. The van der Waals surface area contributed by atoms with Crippen LogP contribution in [0, 0.1) is 32.1 Å². The molecule has 6 nitrogen and oxygen atoms in total. The number of methoxy groups -OCH3 is 1. The fourth-order valence-electron chi connectivity index (χ4n) is 2.98. The van der Waals surface area contributed by atoms with Crippen LogP contribution in [-0.4, -0.2) is 21.6 Å². The minimum atomic E-state index is 0.220. The Hall–Kier alpha value is -2.78. The molecule has 3 aromatic rings. The number of ether oxygens (including phenoxy) is 1. The SMILES string of the molecule is COc1ccc(C)c(-n2c(N)c(C#N)c3c(Cl)nc(C)nc32)c1C. The van der Waals surface area contributed by atoms with Gasteiger partial charge in [-0.1, -0.05) is 17.7 Å². The second kappa shape index (κ2) is 5.69. The lowest BCUT2D eigenvalue weighted by Crippen LogP contribution is -2.07.